The molecule has 0 fully saturated rings. The van der Waals surface area contributed by atoms with E-state index in [0.717, 1.165) is 35.8 Å². The second-order valence-corrected chi connectivity index (χ2v) is 10.1. The number of halogens is 3. The number of carbonyl (C=O) groups is 1. The third-order valence-corrected chi connectivity index (χ3v) is 6.40. The molecule has 0 aliphatic carbocycles. The number of thioether (sulfide) groups is 1. The fourth-order valence-corrected chi connectivity index (χ4v) is 5.33. The Balaban J connectivity index is 1.86. The SMILES string of the molecule is CC(C)Oc1c(I)cc(/C=C(\Sc2n[nH]c(-c3ccc(Cl)cc3)n2)C(=O)O)cc1I. The van der Waals surface area contributed by atoms with Gasteiger partial charge in [0.05, 0.1) is 13.2 Å². The number of carboxylic acids is 1. The largest absolute Gasteiger partial charge is 0.489 e. The first kappa shape index (κ1) is 23.4. The predicted molar refractivity (Wildman–Crippen MR) is 136 cm³/mol. The van der Waals surface area contributed by atoms with Crippen LogP contribution in [0, 0.1) is 7.14 Å². The molecule has 3 aromatic rings. The van der Waals surface area contributed by atoms with Crippen LogP contribution >= 0.6 is 68.5 Å². The average molecular weight is 668 g/mol. The highest BCUT2D eigenvalue weighted by atomic mass is 127. The Kier molecular flexibility index (Phi) is 8.04. The Morgan fingerprint density at radius 3 is 2.43 bits per heavy atom. The maximum atomic E-state index is 11.8. The molecule has 0 unspecified atom stereocenters. The molecule has 0 aliphatic rings. The lowest BCUT2D eigenvalue weighted by Crippen LogP contribution is -2.08. The van der Waals surface area contributed by atoms with E-state index in [1.54, 1.807) is 18.2 Å². The van der Waals surface area contributed by atoms with Gasteiger partial charge < -0.3 is 9.84 Å². The van der Waals surface area contributed by atoms with E-state index in [4.69, 9.17) is 16.3 Å². The Labute approximate surface area is 210 Å². The molecule has 0 aliphatic heterocycles. The second-order valence-electron chi connectivity index (χ2n) is 6.37. The van der Waals surface area contributed by atoms with E-state index in [0.29, 0.717) is 16.0 Å². The van der Waals surface area contributed by atoms with Crippen LogP contribution in [0.4, 0.5) is 0 Å². The van der Waals surface area contributed by atoms with E-state index >= 15 is 0 Å². The van der Waals surface area contributed by atoms with Crippen LogP contribution in [-0.4, -0.2) is 32.4 Å². The summed E-state index contributed by atoms with van der Waals surface area (Å²) in [7, 11) is 0. The number of hydrogen-bond donors (Lipinski definition) is 2. The lowest BCUT2D eigenvalue weighted by atomic mass is 10.2. The zero-order valence-electron chi connectivity index (χ0n) is 15.8. The fourth-order valence-electron chi connectivity index (χ4n) is 2.42. The molecule has 0 atom stereocenters. The van der Waals surface area contributed by atoms with Crippen LogP contribution in [0.25, 0.3) is 17.5 Å². The highest BCUT2D eigenvalue weighted by Crippen LogP contribution is 2.33. The first-order chi connectivity index (χ1) is 14.2. The van der Waals surface area contributed by atoms with Gasteiger partial charge in [-0.1, -0.05) is 11.6 Å². The monoisotopic (exact) mass is 667 g/mol. The van der Waals surface area contributed by atoms with E-state index in [1.807, 2.05) is 38.1 Å². The van der Waals surface area contributed by atoms with Crippen molar-refractivity contribution in [3.8, 4) is 17.1 Å². The topological polar surface area (TPSA) is 88.1 Å². The Bertz CT molecular complexity index is 1080. The van der Waals surface area contributed by atoms with Crippen LogP contribution in [0.2, 0.25) is 5.02 Å². The summed E-state index contributed by atoms with van der Waals surface area (Å²) in [5.41, 5.74) is 1.57. The maximum absolute atomic E-state index is 11.8. The number of carboxylic acid groups (broad SMARTS) is 1. The standard InChI is InChI=1S/C20H16ClI2N3O3S/c1-10(2)29-17-14(22)7-11(8-15(17)23)9-16(19(27)28)30-20-24-18(25-26-20)12-3-5-13(21)6-4-12/h3-10H,1-2H3,(H,27,28)(H,24,25,26)/b16-9-. The molecule has 156 valence electrons. The van der Waals surface area contributed by atoms with Gasteiger partial charge in [-0.3, -0.25) is 5.10 Å². The van der Waals surface area contributed by atoms with E-state index in [-0.39, 0.29) is 11.0 Å². The van der Waals surface area contributed by atoms with Crippen LogP contribution in [0.1, 0.15) is 19.4 Å². The lowest BCUT2D eigenvalue weighted by molar-refractivity contribution is -0.131. The Morgan fingerprint density at radius 2 is 1.87 bits per heavy atom. The molecule has 2 N–H and O–H groups in total. The molecule has 1 heterocycles. The molecular weight excluding hydrogens is 652 g/mol. The number of rotatable bonds is 7. The number of aromatic amines is 1. The summed E-state index contributed by atoms with van der Waals surface area (Å²) in [6.07, 6.45) is 1.66. The number of nitrogens with zero attached hydrogens (tertiary/aromatic N) is 2. The quantitative estimate of drug-likeness (QED) is 0.174. The van der Waals surface area contributed by atoms with Gasteiger partial charge in [0, 0.05) is 10.6 Å². The average Bonchev–Trinajstić information content (AvgIpc) is 3.13. The first-order valence-electron chi connectivity index (χ1n) is 8.70. The van der Waals surface area contributed by atoms with Gasteiger partial charge in [-0.15, -0.1) is 5.10 Å². The number of ether oxygens (including phenoxy) is 1. The van der Waals surface area contributed by atoms with Crippen molar-refractivity contribution in [2.24, 2.45) is 0 Å². The van der Waals surface area contributed by atoms with Crippen molar-refractivity contribution in [2.75, 3.05) is 0 Å². The summed E-state index contributed by atoms with van der Waals surface area (Å²) in [5.74, 6) is 0.290. The molecule has 0 radical (unpaired) electrons. The van der Waals surface area contributed by atoms with Crippen LogP contribution in [-0.2, 0) is 4.79 Å². The molecule has 3 rings (SSSR count). The van der Waals surface area contributed by atoms with Gasteiger partial charge in [0.15, 0.2) is 5.82 Å². The maximum Gasteiger partial charge on any atom is 0.342 e. The number of aromatic nitrogens is 3. The summed E-state index contributed by atoms with van der Waals surface area (Å²) >= 11 is 11.3. The summed E-state index contributed by atoms with van der Waals surface area (Å²) in [5, 5.41) is 17.6. The van der Waals surface area contributed by atoms with Crippen molar-refractivity contribution in [3.05, 3.63) is 59.0 Å². The van der Waals surface area contributed by atoms with Gasteiger partial charge in [-0.05, 0) is 119 Å². The van der Waals surface area contributed by atoms with Gasteiger partial charge >= 0.3 is 5.97 Å². The molecule has 0 saturated heterocycles. The van der Waals surface area contributed by atoms with Crippen LogP contribution in [0.5, 0.6) is 5.75 Å². The molecular formula is C20H16ClI2N3O3S. The third kappa shape index (κ3) is 6.11. The van der Waals surface area contributed by atoms with Gasteiger partial charge in [0.25, 0.3) is 0 Å². The normalized spacial score (nSPS) is 11.7. The zero-order valence-corrected chi connectivity index (χ0v) is 21.7. The van der Waals surface area contributed by atoms with Crippen molar-refractivity contribution in [1.29, 1.82) is 0 Å². The number of aliphatic carboxylic acids is 1. The van der Waals surface area contributed by atoms with Crippen LogP contribution < -0.4 is 4.74 Å². The third-order valence-electron chi connectivity index (χ3n) is 3.67. The van der Waals surface area contributed by atoms with E-state index in [9.17, 15) is 9.90 Å². The molecule has 6 nitrogen and oxygen atoms in total. The minimum atomic E-state index is -1.05. The number of H-pyrrole nitrogens is 1. The van der Waals surface area contributed by atoms with E-state index in [2.05, 4.69) is 60.4 Å². The summed E-state index contributed by atoms with van der Waals surface area (Å²) < 4.78 is 7.67. The van der Waals surface area contributed by atoms with Crippen molar-refractivity contribution >= 4 is 80.6 Å². The van der Waals surface area contributed by atoms with Crippen molar-refractivity contribution in [1.82, 2.24) is 15.2 Å². The molecule has 0 saturated carbocycles. The fraction of sp³-hybridized carbons (Fsp3) is 0.150. The van der Waals surface area contributed by atoms with Gasteiger partial charge in [0.1, 0.15) is 10.7 Å². The highest BCUT2D eigenvalue weighted by Gasteiger charge is 2.16. The highest BCUT2D eigenvalue weighted by molar-refractivity contribution is 14.1. The number of nitrogens with one attached hydrogen (secondary N) is 1. The van der Waals surface area contributed by atoms with Crippen molar-refractivity contribution in [2.45, 2.75) is 25.1 Å². The van der Waals surface area contributed by atoms with Crippen LogP contribution in [0.3, 0.4) is 0 Å². The van der Waals surface area contributed by atoms with E-state index < -0.39 is 5.97 Å². The summed E-state index contributed by atoms with van der Waals surface area (Å²) in [6.45, 7) is 3.93. The Morgan fingerprint density at radius 1 is 1.23 bits per heavy atom. The molecule has 0 spiro atoms. The predicted octanol–water partition coefficient (Wildman–Crippen LogP) is 6.34. The zero-order chi connectivity index (χ0) is 21.8. The van der Waals surface area contributed by atoms with Crippen molar-refractivity contribution < 1.29 is 14.6 Å². The van der Waals surface area contributed by atoms with Crippen LogP contribution in [0.15, 0.2) is 46.5 Å². The smallest absolute Gasteiger partial charge is 0.342 e. The molecule has 0 amide bonds. The minimum Gasteiger partial charge on any atom is -0.489 e. The first-order valence-corrected chi connectivity index (χ1v) is 12.0. The molecule has 10 heteroatoms. The van der Waals surface area contributed by atoms with Gasteiger partial charge in [-0.2, -0.15) is 0 Å². The molecule has 1 aromatic heterocycles. The van der Waals surface area contributed by atoms with Crippen molar-refractivity contribution in [3.63, 3.8) is 0 Å². The molecule has 2 aromatic carbocycles. The summed E-state index contributed by atoms with van der Waals surface area (Å²) in [4.78, 5) is 16.3. The lowest BCUT2D eigenvalue weighted by Gasteiger charge is -2.14. The number of benzene rings is 2. The second kappa shape index (κ2) is 10.3. The molecule has 30 heavy (non-hydrogen) atoms. The van der Waals surface area contributed by atoms with Gasteiger partial charge in [0.2, 0.25) is 5.16 Å². The Hall–Kier alpha value is -1.31. The minimum absolute atomic E-state index is 0.0548. The summed E-state index contributed by atoms with van der Waals surface area (Å²) in [6, 6.07) is 10.9. The number of hydrogen-bond acceptors (Lipinski definition) is 5. The molecule has 0 bridgehead atoms. The van der Waals surface area contributed by atoms with E-state index in [1.165, 1.54) is 0 Å². The van der Waals surface area contributed by atoms with Gasteiger partial charge in [-0.25, -0.2) is 9.78 Å².